The first-order chi connectivity index (χ1) is 7.63. The SMILES string of the molecule is COC(=O)Cc1c(C)ccc(C#N)c1CCl. The monoisotopic (exact) mass is 237 g/mol. The van der Waals surface area contributed by atoms with Gasteiger partial charge in [-0.3, -0.25) is 4.79 Å². The van der Waals surface area contributed by atoms with Crippen LogP contribution in [0.4, 0.5) is 0 Å². The summed E-state index contributed by atoms with van der Waals surface area (Å²) < 4.78 is 4.62. The van der Waals surface area contributed by atoms with Gasteiger partial charge in [-0.1, -0.05) is 6.07 Å². The minimum atomic E-state index is -0.329. The fourth-order valence-electron chi connectivity index (χ4n) is 1.53. The first kappa shape index (κ1) is 12.5. The van der Waals surface area contributed by atoms with Crippen LogP contribution >= 0.6 is 11.6 Å². The Kier molecular flexibility index (Phi) is 4.33. The maximum absolute atomic E-state index is 11.3. The summed E-state index contributed by atoms with van der Waals surface area (Å²) in [6, 6.07) is 5.60. The van der Waals surface area contributed by atoms with Gasteiger partial charge in [0.2, 0.25) is 0 Å². The number of carbonyl (C=O) groups is 1. The molecule has 0 atom stereocenters. The Labute approximate surface area is 99.6 Å². The van der Waals surface area contributed by atoms with E-state index in [-0.39, 0.29) is 18.3 Å². The standard InChI is InChI=1S/C12H12ClNO2/c1-8-3-4-9(7-14)11(6-13)10(8)5-12(15)16-2/h3-4H,5-6H2,1-2H3. The maximum Gasteiger partial charge on any atom is 0.309 e. The van der Waals surface area contributed by atoms with Crippen molar-refractivity contribution in [1.82, 2.24) is 0 Å². The van der Waals surface area contributed by atoms with Crippen LogP contribution in [0.15, 0.2) is 12.1 Å². The zero-order valence-electron chi connectivity index (χ0n) is 9.21. The van der Waals surface area contributed by atoms with Crippen LogP contribution in [0.1, 0.15) is 22.3 Å². The van der Waals surface area contributed by atoms with E-state index in [2.05, 4.69) is 10.8 Å². The molecule has 0 aliphatic heterocycles. The zero-order chi connectivity index (χ0) is 12.1. The third-order valence-corrected chi connectivity index (χ3v) is 2.74. The average Bonchev–Trinajstić information content (AvgIpc) is 2.31. The number of methoxy groups -OCH3 is 1. The van der Waals surface area contributed by atoms with Gasteiger partial charge in [0.15, 0.2) is 0 Å². The second kappa shape index (κ2) is 5.53. The van der Waals surface area contributed by atoms with E-state index >= 15 is 0 Å². The summed E-state index contributed by atoms with van der Waals surface area (Å²) in [7, 11) is 1.34. The van der Waals surface area contributed by atoms with Crippen LogP contribution in [-0.2, 0) is 21.8 Å². The normalized spacial score (nSPS) is 9.62. The predicted octanol–water partition coefficient (Wildman–Crippen LogP) is 2.32. The van der Waals surface area contributed by atoms with Crippen LogP contribution in [0.3, 0.4) is 0 Å². The van der Waals surface area contributed by atoms with E-state index in [0.717, 1.165) is 16.7 Å². The molecule has 0 aliphatic rings. The lowest BCUT2D eigenvalue weighted by Crippen LogP contribution is -2.09. The van der Waals surface area contributed by atoms with E-state index < -0.39 is 0 Å². The van der Waals surface area contributed by atoms with Crippen molar-refractivity contribution < 1.29 is 9.53 Å². The number of alkyl halides is 1. The van der Waals surface area contributed by atoms with Crippen molar-refractivity contribution in [2.75, 3.05) is 7.11 Å². The number of hydrogen-bond acceptors (Lipinski definition) is 3. The molecule has 0 fully saturated rings. The molecule has 3 nitrogen and oxygen atoms in total. The summed E-state index contributed by atoms with van der Waals surface area (Å²) in [6.45, 7) is 1.88. The topological polar surface area (TPSA) is 50.1 Å². The predicted molar refractivity (Wildman–Crippen MR) is 61.2 cm³/mol. The minimum Gasteiger partial charge on any atom is -0.469 e. The lowest BCUT2D eigenvalue weighted by Gasteiger charge is -2.11. The lowest BCUT2D eigenvalue weighted by atomic mass is 9.96. The van der Waals surface area contributed by atoms with Gasteiger partial charge in [0.1, 0.15) is 0 Å². The first-order valence-electron chi connectivity index (χ1n) is 4.78. The van der Waals surface area contributed by atoms with E-state index in [1.165, 1.54) is 7.11 Å². The minimum absolute atomic E-state index is 0.153. The van der Waals surface area contributed by atoms with Crippen LogP contribution < -0.4 is 0 Å². The molecule has 1 rings (SSSR count). The number of esters is 1. The first-order valence-corrected chi connectivity index (χ1v) is 5.31. The number of rotatable bonds is 3. The van der Waals surface area contributed by atoms with Gasteiger partial charge in [-0.2, -0.15) is 5.26 Å². The molecule has 0 unspecified atom stereocenters. The fourth-order valence-corrected chi connectivity index (χ4v) is 1.84. The number of benzene rings is 1. The summed E-state index contributed by atoms with van der Waals surface area (Å²) in [6.07, 6.45) is 0.153. The third-order valence-electron chi connectivity index (χ3n) is 2.47. The highest BCUT2D eigenvalue weighted by molar-refractivity contribution is 6.17. The van der Waals surface area contributed by atoms with E-state index in [9.17, 15) is 4.79 Å². The summed E-state index contributed by atoms with van der Waals surface area (Å²) in [5.74, 6) is -0.110. The maximum atomic E-state index is 11.3. The van der Waals surface area contributed by atoms with Crippen molar-refractivity contribution in [3.8, 4) is 6.07 Å². The van der Waals surface area contributed by atoms with Crippen molar-refractivity contribution in [1.29, 1.82) is 5.26 Å². The molecule has 0 N–H and O–H groups in total. The Bertz CT molecular complexity index is 449. The van der Waals surface area contributed by atoms with E-state index in [1.54, 1.807) is 6.07 Å². The molecule has 16 heavy (non-hydrogen) atoms. The van der Waals surface area contributed by atoms with E-state index in [0.29, 0.717) is 5.56 Å². The number of aryl methyl sites for hydroxylation is 1. The number of carbonyl (C=O) groups excluding carboxylic acids is 1. The highest BCUT2D eigenvalue weighted by atomic mass is 35.5. The van der Waals surface area contributed by atoms with Gasteiger partial charge in [-0.25, -0.2) is 0 Å². The third kappa shape index (κ3) is 2.53. The Morgan fingerprint density at radius 1 is 1.50 bits per heavy atom. The largest absolute Gasteiger partial charge is 0.469 e. The summed E-state index contributed by atoms with van der Waals surface area (Å²) in [5, 5.41) is 8.93. The molecular formula is C12H12ClNO2. The molecule has 0 radical (unpaired) electrons. The van der Waals surface area contributed by atoms with E-state index in [4.69, 9.17) is 16.9 Å². The molecule has 0 saturated heterocycles. The van der Waals surface area contributed by atoms with Crippen molar-refractivity contribution >= 4 is 17.6 Å². The van der Waals surface area contributed by atoms with Crippen LogP contribution in [0.25, 0.3) is 0 Å². The van der Waals surface area contributed by atoms with Gasteiger partial charge in [-0.15, -0.1) is 11.6 Å². The molecule has 0 spiro atoms. The molecule has 0 aliphatic carbocycles. The summed E-state index contributed by atoms with van der Waals surface area (Å²) in [5.41, 5.74) is 2.97. The van der Waals surface area contributed by atoms with Crippen molar-refractivity contribution in [3.05, 3.63) is 34.4 Å². The highest BCUT2D eigenvalue weighted by Gasteiger charge is 2.13. The van der Waals surface area contributed by atoms with Crippen LogP contribution in [0.5, 0.6) is 0 Å². The molecule has 4 heteroatoms. The summed E-state index contributed by atoms with van der Waals surface area (Å²) >= 11 is 5.81. The highest BCUT2D eigenvalue weighted by Crippen LogP contribution is 2.21. The number of nitrogens with zero attached hydrogens (tertiary/aromatic N) is 1. The molecule has 0 heterocycles. The average molecular weight is 238 g/mol. The molecule has 0 aromatic heterocycles. The van der Waals surface area contributed by atoms with Crippen LogP contribution in [0.2, 0.25) is 0 Å². The molecule has 0 bridgehead atoms. The fraction of sp³-hybridized carbons (Fsp3) is 0.333. The van der Waals surface area contributed by atoms with Gasteiger partial charge >= 0.3 is 5.97 Å². The number of halogens is 1. The van der Waals surface area contributed by atoms with E-state index in [1.807, 2.05) is 13.0 Å². The zero-order valence-corrected chi connectivity index (χ0v) is 9.97. The smallest absolute Gasteiger partial charge is 0.309 e. The Morgan fingerprint density at radius 2 is 2.19 bits per heavy atom. The molecule has 1 aromatic rings. The number of hydrogen-bond donors (Lipinski definition) is 0. The van der Waals surface area contributed by atoms with Gasteiger partial charge in [0.25, 0.3) is 0 Å². The lowest BCUT2D eigenvalue weighted by molar-refractivity contribution is -0.139. The quantitative estimate of drug-likeness (QED) is 0.599. The van der Waals surface area contributed by atoms with Crippen LogP contribution in [0, 0.1) is 18.3 Å². The van der Waals surface area contributed by atoms with Crippen molar-refractivity contribution in [2.24, 2.45) is 0 Å². The second-order valence-electron chi connectivity index (χ2n) is 3.39. The molecular weight excluding hydrogens is 226 g/mol. The Hall–Kier alpha value is -1.53. The molecule has 0 amide bonds. The van der Waals surface area contributed by atoms with Gasteiger partial charge in [0.05, 0.1) is 25.2 Å². The number of ether oxygens (including phenoxy) is 1. The van der Waals surface area contributed by atoms with Gasteiger partial charge in [0, 0.05) is 5.88 Å². The second-order valence-corrected chi connectivity index (χ2v) is 3.65. The van der Waals surface area contributed by atoms with Gasteiger partial charge in [-0.05, 0) is 29.7 Å². The van der Waals surface area contributed by atoms with Crippen molar-refractivity contribution in [2.45, 2.75) is 19.2 Å². The molecule has 1 aromatic carbocycles. The Morgan fingerprint density at radius 3 is 2.69 bits per heavy atom. The molecule has 0 saturated carbocycles. The van der Waals surface area contributed by atoms with Crippen molar-refractivity contribution in [3.63, 3.8) is 0 Å². The summed E-state index contributed by atoms with van der Waals surface area (Å²) in [4.78, 5) is 11.3. The number of nitriles is 1. The molecule has 84 valence electrons. The Balaban J connectivity index is 3.24. The van der Waals surface area contributed by atoms with Gasteiger partial charge < -0.3 is 4.74 Å². The van der Waals surface area contributed by atoms with Crippen LogP contribution in [-0.4, -0.2) is 13.1 Å².